The van der Waals surface area contributed by atoms with Gasteiger partial charge in [0.2, 0.25) is 5.91 Å². The second kappa shape index (κ2) is 4.42. The summed E-state index contributed by atoms with van der Waals surface area (Å²) in [7, 11) is 0. The summed E-state index contributed by atoms with van der Waals surface area (Å²) >= 11 is 0. The van der Waals surface area contributed by atoms with Gasteiger partial charge in [-0.05, 0) is 37.7 Å². The molecule has 0 bridgehead atoms. The minimum atomic E-state index is -0.209. The second-order valence-corrected chi connectivity index (χ2v) is 6.00. The van der Waals surface area contributed by atoms with E-state index in [-0.39, 0.29) is 11.3 Å². The fraction of sp³-hybridized carbons (Fsp3) is 0.562. The van der Waals surface area contributed by atoms with E-state index in [0.29, 0.717) is 6.04 Å². The van der Waals surface area contributed by atoms with E-state index in [9.17, 15) is 4.79 Å². The number of nitrogens with one attached hydrogen (secondary N) is 1. The summed E-state index contributed by atoms with van der Waals surface area (Å²) in [6.45, 7) is 2.14. The average molecular weight is 243 g/mol. The number of carbonyl (C=O) groups excluding carboxylic acids is 1. The zero-order chi connectivity index (χ0) is 12.6. The number of benzene rings is 1. The van der Waals surface area contributed by atoms with E-state index in [0.717, 1.165) is 25.2 Å². The summed E-state index contributed by atoms with van der Waals surface area (Å²) in [6, 6.07) is 10.5. The first-order valence-electron chi connectivity index (χ1n) is 7.07. The predicted octanol–water partition coefficient (Wildman–Crippen LogP) is 3.02. The highest BCUT2D eigenvalue weighted by Gasteiger charge is 2.51. The van der Waals surface area contributed by atoms with Gasteiger partial charge in [-0.15, -0.1) is 0 Å². The maximum Gasteiger partial charge on any atom is 0.230 e. The minimum absolute atomic E-state index is 0.209. The van der Waals surface area contributed by atoms with Crippen LogP contribution in [-0.4, -0.2) is 11.9 Å². The molecular formula is C16H21NO. The van der Waals surface area contributed by atoms with Crippen molar-refractivity contribution in [2.24, 2.45) is 5.92 Å². The Kier molecular flexibility index (Phi) is 2.89. The summed E-state index contributed by atoms with van der Waals surface area (Å²) in [4.78, 5) is 12.4. The van der Waals surface area contributed by atoms with Crippen LogP contribution in [0.4, 0.5) is 0 Å². The quantitative estimate of drug-likeness (QED) is 0.846. The van der Waals surface area contributed by atoms with Crippen molar-refractivity contribution in [3.05, 3.63) is 35.9 Å². The molecule has 2 saturated carbocycles. The van der Waals surface area contributed by atoms with E-state index in [2.05, 4.69) is 24.4 Å². The first-order valence-corrected chi connectivity index (χ1v) is 7.07. The first-order chi connectivity index (χ1) is 8.71. The Hall–Kier alpha value is -1.31. The Bertz CT molecular complexity index is 432. The number of amides is 1. The number of carbonyl (C=O) groups is 1. The van der Waals surface area contributed by atoms with Crippen LogP contribution >= 0.6 is 0 Å². The molecular weight excluding hydrogens is 222 g/mol. The van der Waals surface area contributed by atoms with Gasteiger partial charge in [-0.2, -0.15) is 0 Å². The molecule has 1 atom stereocenters. The Morgan fingerprint density at radius 1 is 1.33 bits per heavy atom. The van der Waals surface area contributed by atoms with Crippen LogP contribution in [0.5, 0.6) is 0 Å². The van der Waals surface area contributed by atoms with Gasteiger partial charge in [0.1, 0.15) is 0 Å². The average Bonchev–Trinajstić information content (AvgIpc) is 3.25. The van der Waals surface area contributed by atoms with E-state index in [1.165, 1.54) is 18.4 Å². The fourth-order valence-corrected chi connectivity index (χ4v) is 2.80. The van der Waals surface area contributed by atoms with E-state index in [4.69, 9.17) is 0 Å². The van der Waals surface area contributed by atoms with Crippen molar-refractivity contribution in [3.8, 4) is 0 Å². The van der Waals surface area contributed by atoms with Crippen LogP contribution in [0.1, 0.15) is 44.6 Å². The zero-order valence-electron chi connectivity index (χ0n) is 11.0. The Morgan fingerprint density at radius 3 is 2.56 bits per heavy atom. The lowest BCUT2D eigenvalue weighted by atomic mass is 9.94. The molecule has 0 radical (unpaired) electrons. The van der Waals surface area contributed by atoms with E-state index in [1.54, 1.807) is 0 Å². The molecule has 1 aromatic carbocycles. The van der Waals surface area contributed by atoms with Gasteiger partial charge in [-0.1, -0.05) is 43.2 Å². The standard InChI is InChI=1S/C16H21NO/c1-12(11-13-7-8-13)17-15(18)16(9-10-16)14-5-3-2-4-6-14/h2-6,12-13H,7-11H2,1H3,(H,17,18). The molecule has 0 aliphatic heterocycles. The molecule has 1 unspecified atom stereocenters. The van der Waals surface area contributed by atoms with Crippen molar-refractivity contribution in [2.75, 3.05) is 0 Å². The number of hydrogen-bond acceptors (Lipinski definition) is 1. The van der Waals surface area contributed by atoms with Crippen LogP contribution in [-0.2, 0) is 10.2 Å². The molecule has 1 aromatic rings. The highest BCUT2D eigenvalue weighted by molar-refractivity contribution is 5.91. The molecule has 2 aliphatic rings. The first kappa shape index (κ1) is 11.8. The fourth-order valence-electron chi connectivity index (χ4n) is 2.80. The van der Waals surface area contributed by atoms with Gasteiger partial charge in [0.05, 0.1) is 5.41 Å². The van der Waals surface area contributed by atoms with E-state index < -0.39 is 0 Å². The van der Waals surface area contributed by atoms with Gasteiger partial charge < -0.3 is 5.32 Å². The highest BCUT2D eigenvalue weighted by atomic mass is 16.2. The van der Waals surface area contributed by atoms with Crippen molar-refractivity contribution in [3.63, 3.8) is 0 Å². The molecule has 1 N–H and O–H groups in total. The van der Waals surface area contributed by atoms with Crippen LogP contribution in [0, 0.1) is 5.92 Å². The van der Waals surface area contributed by atoms with Crippen LogP contribution < -0.4 is 5.32 Å². The van der Waals surface area contributed by atoms with Crippen LogP contribution in [0.15, 0.2) is 30.3 Å². The molecule has 2 nitrogen and oxygen atoms in total. The molecule has 0 spiro atoms. The lowest BCUT2D eigenvalue weighted by Crippen LogP contribution is -2.40. The molecule has 2 fully saturated rings. The minimum Gasteiger partial charge on any atom is -0.353 e. The molecule has 3 rings (SSSR count). The van der Waals surface area contributed by atoms with Crippen molar-refractivity contribution in [2.45, 2.75) is 50.5 Å². The molecule has 18 heavy (non-hydrogen) atoms. The monoisotopic (exact) mass is 243 g/mol. The van der Waals surface area contributed by atoms with Gasteiger partial charge in [0.25, 0.3) is 0 Å². The molecule has 96 valence electrons. The van der Waals surface area contributed by atoms with Crippen molar-refractivity contribution >= 4 is 5.91 Å². The Labute approximate surface area is 109 Å². The number of rotatable bonds is 5. The van der Waals surface area contributed by atoms with E-state index in [1.807, 2.05) is 18.2 Å². The lowest BCUT2D eigenvalue weighted by Gasteiger charge is -2.20. The van der Waals surface area contributed by atoms with Crippen LogP contribution in [0.3, 0.4) is 0 Å². The third-order valence-corrected chi connectivity index (χ3v) is 4.27. The third kappa shape index (κ3) is 2.29. The molecule has 0 saturated heterocycles. The summed E-state index contributed by atoms with van der Waals surface area (Å²) in [5.74, 6) is 1.11. The highest BCUT2D eigenvalue weighted by Crippen LogP contribution is 2.48. The predicted molar refractivity (Wildman–Crippen MR) is 72.3 cm³/mol. The molecule has 0 heterocycles. The lowest BCUT2D eigenvalue weighted by molar-refractivity contribution is -0.124. The normalized spacial score (nSPS) is 22.3. The maximum absolute atomic E-state index is 12.4. The van der Waals surface area contributed by atoms with Gasteiger partial charge in [0, 0.05) is 6.04 Å². The largest absolute Gasteiger partial charge is 0.353 e. The summed E-state index contributed by atoms with van der Waals surface area (Å²) in [5.41, 5.74) is 0.972. The maximum atomic E-state index is 12.4. The molecule has 2 aliphatic carbocycles. The second-order valence-electron chi connectivity index (χ2n) is 6.00. The summed E-state index contributed by atoms with van der Waals surface area (Å²) < 4.78 is 0. The molecule has 0 aromatic heterocycles. The molecule has 1 amide bonds. The topological polar surface area (TPSA) is 29.1 Å². The van der Waals surface area contributed by atoms with Crippen LogP contribution in [0.25, 0.3) is 0 Å². The zero-order valence-corrected chi connectivity index (χ0v) is 11.0. The molecule has 2 heteroatoms. The smallest absolute Gasteiger partial charge is 0.230 e. The number of hydrogen-bond donors (Lipinski definition) is 1. The van der Waals surface area contributed by atoms with E-state index >= 15 is 0 Å². The van der Waals surface area contributed by atoms with Gasteiger partial charge >= 0.3 is 0 Å². The SMILES string of the molecule is CC(CC1CC1)NC(=O)C1(c2ccccc2)CC1. The van der Waals surface area contributed by atoms with Crippen molar-refractivity contribution in [1.29, 1.82) is 0 Å². The van der Waals surface area contributed by atoms with Crippen molar-refractivity contribution < 1.29 is 4.79 Å². The van der Waals surface area contributed by atoms with Gasteiger partial charge in [-0.25, -0.2) is 0 Å². The summed E-state index contributed by atoms with van der Waals surface area (Å²) in [6.07, 6.45) is 5.85. The van der Waals surface area contributed by atoms with Crippen LogP contribution in [0.2, 0.25) is 0 Å². The van der Waals surface area contributed by atoms with Crippen molar-refractivity contribution in [1.82, 2.24) is 5.32 Å². The van der Waals surface area contributed by atoms with Gasteiger partial charge in [-0.3, -0.25) is 4.79 Å². The Morgan fingerprint density at radius 2 is 2.00 bits per heavy atom. The Balaban J connectivity index is 1.64. The summed E-state index contributed by atoms with van der Waals surface area (Å²) in [5, 5.41) is 3.21. The third-order valence-electron chi connectivity index (χ3n) is 4.27. The van der Waals surface area contributed by atoms with Gasteiger partial charge in [0.15, 0.2) is 0 Å².